The van der Waals surface area contributed by atoms with Gasteiger partial charge in [0, 0.05) is 20.1 Å². The predicted octanol–water partition coefficient (Wildman–Crippen LogP) is 5.21. The molecule has 0 unspecified atom stereocenters. The molecule has 0 aliphatic carbocycles. The minimum Gasteiger partial charge on any atom is -0.496 e. The van der Waals surface area contributed by atoms with Gasteiger partial charge in [-0.3, -0.25) is 4.79 Å². The van der Waals surface area contributed by atoms with E-state index in [2.05, 4.69) is 47.8 Å². The van der Waals surface area contributed by atoms with Crippen LogP contribution in [0.4, 0.5) is 0 Å². The highest BCUT2D eigenvalue weighted by molar-refractivity contribution is 9.11. The van der Waals surface area contributed by atoms with Crippen LogP contribution in [0.15, 0.2) is 49.8 Å². The Morgan fingerprint density at radius 2 is 1.58 bits per heavy atom. The van der Waals surface area contributed by atoms with E-state index in [1.165, 1.54) is 0 Å². The lowest BCUT2D eigenvalue weighted by Crippen LogP contribution is -2.01. The maximum Gasteiger partial charge on any atom is 0.193 e. The van der Waals surface area contributed by atoms with Gasteiger partial charge in [-0.05, 0) is 52.3 Å². The van der Waals surface area contributed by atoms with Crippen LogP contribution >= 0.6 is 47.8 Å². The highest BCUT2D eigenvalue weighted by Crippen LogP contribution is 2.28. The first-order chi connectivity index (χ1) is 9.01. The molecule has 0 saturated carbocycles. The Morgan fingerprint density at radius 1 is 0.947 bits per heavy atom. The molecule has 0 bridgehead atoms. The molecule has 0 heterocycles. The first kappa shape index (κ1) is 14.8. The third-order valence-electron chi connectivity index (χ3n) is 2.54. The summed E-state index contributed by atoms with van der Waals surface area (Å²) in [5, 5.41) is 0. The molecule has 0 aliphatic heterocycles. The van der Waals surface area contributed by atoms with Crippen molar-refractivity contribution < 1.29 is 9.53 Å². The van der Waals surface area contributed by atoms with Crippen molar-refractivity contribution in [1.29, 1.82) is 0 Å². The highest BCUT2D eigenvalue weighted by atomic mass is 79.9. The number of ether oxygens (including phenoxy) is 1. The molecule has 98 valence electrons. The Morgan fingerprint density at radius 3 is 2.11 bits per heavy atom. The molecule has 0 radical (unpaired) electrons. The van der Waals surface area contributed by atoms with Crippen molar-refractivity contribution in [3.8, 4) is 5.75 Å². The zero-order chi connectivity index (χ0) is 14.0. The Hall–Kier alpha value is -0.650. The number of hydrogen-bond acceptors (Lipinski definition) is 2. The van der Waals surface area contributed by atoms with E-state index in [4.69, 9.17) is 4.74 Å². The summed E-state index contributed by atoms with van der Waals surface area (Å²) in [6, 6.07) is 10.8. The summed E-state index contributed by atoms with van der Waals surface area (Å²) < 4.78 is 7.63. The maximum atomic E-state index is 12.4. The normalized spacial score (nSPS) is 10.3. The molecule has 2 rings (SSSR count). The van der Waals surface area contributed by atoms with Crippen molar-refractivity contribution in [2.45, 2.75) is 0 Å². The summed E-state index contributed by atoms with van der Waals surface area (Å²) >= 11 is 10.1. The molecule has 0 atom stereocenters. The molecular formula is C14H9Br3O2. The van der Waals surface area contributed by atoms with Crippen molar-refractivity contribution in [1.82, 2.24) is 0 Å². The molecule has 0 fully saturated rings. The number of carbonyl (C=O) groups excluding carboxylic acids is 1. The van der Waals surface area contributed by atoms with E-state index < -0.39 is 0 Å². The van der Waals surface area contributed by atoms with Gasteiger partial charge in [-0.25, -0.2) is 0 Å². The van der Waals surface area contributed by atoms with Crippen LogP contribution < -0.4 is 4.74 Å². The smallest absolute Gasteiger partial charge is 0.193 e. The number of halogens is 3. The Labute approximate surface area is 136 Å². The van der Waals surface area contributed by atoms with E-state index in [-0.39, 0.29) is 5.78 Å². The molecule has 19 heavy (non-hydrogen) atoms. The summed E-state index contributed by atoms with van der Waals surface area (Å²) in [4.78, 5) is 12.4. The number of benzene rings is 2. The monoisotopic (exact) mass is 446 g/mol. The first-order valence-corrected chi connectivity index (χ1v) is 7.73. The Balaban J connectivity index is 2.41. The van der Waals surface area contributed by atoms with Gasteiger partial charge in [0.05, 0.1) is 11.6 Å². The molecule has 5 heteroatoms. The molecule has 2 aromatic carbocycles. The van der Waals surface area contributed by atoms with E-state index in [1.54, 1.807) is 37.4 Å². The summed E-state index contributed by atoms with van der Waals surface area (Å²) in [5.74, 6) is 0.664. The van der Waals surface area contributed by atoms with Crippen molar-refractivity contribution in [3.05, 3.63) is 60.9 Å². The van der Waals surface area contributed by atoms with Crippen LogP contribution in [0.3, 0.4) is 0 Å². The van der Waals surface area contributed by atoms with E-state index >= 15 is 0 Å². The lowest BCUT2D eigenvalue weighted by molar-refractivity contribution is 0.103. The number of hydrogen-bond donors (Lipinski definition) is 0. The van der Waals surface area contributed by atoms with Crippen LogP contribution in [0, 0.1) is 0 Å². The summed E-state index contributed by atoms with van der Waals surface area (Å²) in [5.41, 5.74) is 1.23. The van der Waals surface area contributed by atoms with Crippen molar-refractivity contribution in [2.75, 3.05) is 7.11 Å². The van der Waals surface area contributed by atoms with E-state index in [0.29, 0.717) is 16.9 Å². The van der Waals surface area contributed by atoms with E-state index in [1.807, 2.05) is 6.07 Å². The summed E-state index contributed by atoms with van der Waals surface area (Å²) in [6.07, 6.45) is 0. The van der Waals surface area contributed by atoms with Gasteiger partial charge < -0.3 is 4.74 Å². The quantitative estimate of drug-likeness (QED) is 0.602. The minimum atomic E-state index is -0.0367. The Bertz CT molecular complexity index is 618. The van der Waals surface area contributed by atoms with Gasteiger partial charge in [-0.15, -0.1) is 0 Å². The van der Waals surface area contributed by atoms with Gasteiger partial charge >= 0.3 is 0 Å². The molecule has 2 nitrogen and oxygen atoms in total. The molecule has 0 spiro atoms. The van der Waals surface area contributed by atoms with Crippen LogP contribution in [-0.2, 0) is 0 Å². The number of carbonyl (C=O) groups is 1. The topological polar surface area (TPSA) is 26.3 Å². The van der Waals surface area contributed by atoms with Crippen LogP contribution in [0.25, 0.3) is 0 Å². The summed E-state index contributed by atoms with van der Waals surface area (Å²) in [6.45, 7) is 0. The van der Waals surface area contributed by atoms with Crippen LogP contribution in [0.2, 0.25) is 0 Å². The van der Waals surface area contributed by atoms with Crippen LogP contribution in [0.5, 0.6) is 5.75 Å². The zero-order valence-corrected chi connectivity index (χ0v) is 14.7. The second kappa shape index (κ2) is 6.20. The van der Waals surface area contributed by atoms with E-state index in [0.717, 1.165) is 13.4 Å². The fourth-order valence-electron chi connectivity index (χ4n) is 1.66. The lowest BCUT2D eigenvalue weighted by atomic mass is 10.0. The fraction of sp³-hybridized carbons (Fsp3) is 0.0714. The SMILES string of the molecule is COc1ccc(C(=O)c2cc(Br)cc(Br)c2)cc1Br. The molecule has 0 amide bonds. The zero-order valence-electron chi connectivity index (χ0n) is 9.91. The number of ketones is 1. The second-order valence-electron chi connectivity index (χ2n) is 3.84. The van der Waals surface area contributed by atoms with Gasteiger partial charge in [0.15, 0.2) is 5.78 Å². The third kappa shape index (κ3) is 3.46. The van der Waals surface area contributed by atoms with Gasteiger partial charge in [-0.2, -0.15) is 0 Å². The molecule has 0 saturated heterocycles. The van der Waals surface area contributed by atoms with Crippen LogP contribution in [-0.4, -0.2) is 12.9 Å². The van der Waals surface area contributed by atoms with Gasteiger partial charge in [0.2, 0.25) is 0 Å². The Kier molecular flexibility index (Phi) is 4.81. The van der Waals surface area contributed by atoms with Gasteiger partial charge in [0.25, 0.3) is 0 Å². The number of rotatable bonds is 3. The summed E-state index contributed by atoms with van der Waals surface area (Å²) in [7, 11) is 1.59. The highest BCUT2D eigenvalue weighted by Gasteiger charge is 2.12. The third-order valence-corrected chi connectivity index (χ3v) is 4.07. The maximum absolute atomic E-state index is 12.4. The van der Waals surface area contributed by atoms with E-state index in [9.17, 15) is 4.79 Å². The second-order valence-corrected chi connectivity index (χ2v) is 6.52. The molecule has 2 aromatic rings. The largest absolute Gasteiger partial charge is 0.496 e. The van der Waals surface area contributed by atoms with Crippen molar-refractivity contribution in [3.63, 3.8) is 0 Å². The fourth-order valence-corrected chi connectivity index (χ4v) is 3.49. The molecule has 0 aliphatic rings. The minimum absolute atomic E-state index is 0.0367. The lowest BCUT2D eigenvalue weighted by Gasteiger charge is -2.06. The average molecular weight is 449 g/mol. The molecular weight excluding hydrogens is 440 g/mol. The van der Waals surface area contributed by atoms with Crippen LogP contribution in [0.1, 0.15) is 15.9 Å². The molecule has 0 aromatic heterocycles. The molecule has 0 N–H and O–H groups in total. The average Bonchev–Trinajstić information content (AvgIpc) is 2.36. The predicted molar refractivity (Wildman–Crippen MR) is 86.0 cm³/mol. The number of methoxy groups -OCH3 is 1. The van der Waals surface area contributed by atoms with Gasteiger partial charge in [0.1, 0.15) is 5.75 Å². The van der Waals surface area contributed by atoms with Crippen molar-refractivity contribution in [2.24, 2.45) is 0 Å². The standard InChI is InChI=1S/C14H9Br3O2/c1-19-13-3-2-8(6-12(13)17)14(18)9-4-10(15)7-11(16)5-9/h2-7H,1H3. The van der Waals surface area contributed by atoms with Crippen molar-refractivity contribution >= 4 is 53.6 Å². The first-order valence-electron chi connectivity index (χ1n) is 5.35. The van der Waals surface area contributed by atoms with Gasteiger partial charge in [-0.1, -0.05) is 31.9 Å².